The topological polar surface area (TPSA) is 77.7 Å². The van der Waals surface area contributed by atoms with Gasteiger partial charge in [0.1, 0.15) is 11.9 Å². The minimum absolute atomic E-state index is 0.000328. The van der Waals surface area contributed by atoms with Gasteiger partial charge in [0, 0.05) is 35.8 Å². The summed E-state index contributed by atoms with van der Waals surface area (Å²) in [7, 11) is 0. The van der Waals surface area contributed by atoms with Crippen LogP contribution >= 0.6 is 0 Å². The second-order valence-corrected chi connectivity index (χ2v) is 7.91. The normalized spacial score (nSPS) is 16.9. The zero-order valence-corrected chi connectivity index (χ0v) is 17.8. The van der Waals surface area contributed by atoms with Crippen molar-refractivity contribution in [3.8, 4) is 11.6 Å². The molecule has 6 nitrogen and oxygen atoms in total. The number of amides is 1. The molecule has 0 bridgehead atoms. The van der Waals surface area contributed by atoms with Gasteiger partial charge in [0.15, 0.2) is 0 Å². The van der Waals surface area contributed by atoms with Crippen molar-refractivity contribution < 1.29 is 14.3 Å². The Labute approximate surface area is 172 Å². The maximum Gasteiger partial charge on any atom is 0.222 e. The van der Waals surface area contributed by atoms with E-state index in [4.69, 9.17) is 15.2 Å². The van der Waals surface area contributed by atoms with E-state index in [1.54, 1.807) is 0 Å². The molecule has 1 aromatic carbocycles. The van der Waals surface area contributed by atoms with Crippen LogP contribution < -0.4 is 15.2 Å². The minimum Gasteiger partial charge on any atom is -0.490 e. The Kier molecular flexibility index (Phi) is 6.30. The lowest BCUT2D eigenvalue weighted by Gasteiger charge is -2.32. The Morgan fingerprint density at radius 2 is 2.14 bits per heavy atom. The first-order valence-corrected chi connectivity index (χ1v) is 10.3. The van der Waals surface area contributed by atoms with Crippen LogP contribution in [0.5, 0.6) is 11.6 Å². The third-order valence-corrected chi connectivity index (χ3v) is 5.17. The van der Waals surface area contributed by atoms with Crippen molar-refractivity contribution in [1.29, 1.82) is 0 Å². The number of aryl methyl sites for hydroxylation is 1. The number of benzene rings is 1. The molecule has 1 unspecified atom stereocenters. The summed E-state index contributed by atoms with van der Waals surface area (Å²) in [4.78, 5) is 18.5. The van der Waals surface area contributed by atoms with Gasteiger partial charge in [-0.2, -0.15) is 0 Å². The zero-order chi connectivity index (χ0) is 21.1. The number of piperidine rings is 1. The zero-order valence-electron chi connectivity index (χ0n) is 17.8. The lowest BCUT2D eigenvalue weighted by molar-refractivity contribution is -0.133. The highest BCUT2D eigenvalue weighted by atomic mass is 16.5. The van der Waals surface area contributed by atoms with Crippen molar-refractivity contribution >= 4 is 22.4 Å². The summed E-state index contributed by atoms with van der Waals surface area (Å²) in [6.45, 7) is 13.1. The van der Waals surface area contributed by atoms with Crippen molar-refractivity contribution in [2.75, 3.05) is 13.1 Å². The van der Waals surface area contributed by atoms with E-state index in [0.29, 0.717) is 30.3 Å². The van der Waals surface area contributed by atoms with Gasteiger partial charge >= 0.3 is 0 Å². The molecule has 0 radical (unpaired) electrons. The number of nitrogens with two attached hydrogens (primary N) is 1. The first-order valence-electron chi connectivity index (χ1n) is 10.3. The fourth-order valence-electron chi connectivity index (χ4n) is 3.72. The van der Waals surface area contributed by atoms with Crippen LogP contribution in [0, 0.1) is 6.92 Å². The van der Waals surface area contributed by atoms with Gasteiger partial charge in [-0.3, -0.25) is 4.79 Å². The van der Waals surface area contributed by atoms with Crippen LogP contribution in [0.2, 0.25) is 0 Å². The van der Waals surface area contributed by atoms with Gasteiger partial charge in [0.05, 0.1) is 12.6 Å². The largest absolute Gasteiger partial charge is 0.490 e. The maximum absolute atomic E-state index is 12.1. The Hall–Kier alpha value is -2.76. The van der Waals surface area contributed by atoms with Gasteiger partial charge in [0.25, 0.3) is 0 Å². The summed E-state index contributed by atoms with van der Waals surface area (Å²) in [5.74, 6) is 1.40. The second-order valence-electron chi connectivity index (χ2n) is 7.91. The average Bonchev–Trinajstić information content (AvgIpc) is 2.69. The van der Waals surface area contributed by atoms with E-state index >= 15 is 0 Å². The predicted molar refractivity (Wildman–Crippen MR) is 116 cm³/mol. The number of carbonyl (C=O) groups excluding carboxylic acids is 1. The Bertz CT molecular complexity index is 923. The molecular formula is C23H31N3O3. The maximum atomic E-state index is 12.1. The monoisotopic (exact) mass is 397 g/mol. The van der Waals surface area contributed by atoms with E-state index in [1.165, 1.54) is 0 Å². The number of nitrogens with zero attached hydrogens (tertiary/aromatic N) is 2. The quantitative estimate of drug-likeness (QED) is 0.796. The third kappa shape index (κ3) is 4.63. The van der Waals surface area contributed by atoms with Crippen molar-refractivity contribution in [2.45, 2.75) is 59.2 Å². The first kappa shape index (κ1) is 21.0. The Balaban J connectivity index is 1.98. The molecule has 1 aliphatic rings. The van der Waals surface area contributed by atoms with E-state index < -0.39 is 0 Å². The fourth-order valence-corrected chi connectivity index (χ4v) is 3.72. The van der Waals surface area contributed by atoms with Gasteiger partial charge in [-0.25, -0.2) is 4.98 Å². The van der Waals surface area contributed by atoms with E-state index in [1.807, 2.05) is 50.9 Å². The molecule has 1 fully saturated rings. The number of fused-ring (bicyclic) bond motifs is 1. The minimum atomic E-state index is -0.0729. The van der Waals surface area contributed by atoms with Crippen molar-refractivity contribution in [3.63, 3.8) is 0 Å². The fraction of sp³-hybridized carbons (Fsp3) is 0.478. The van der Waals surface area contributed by atoms with Crippen LogP contribution in [-0.2, 0) is 4.79 Å². The van der Waals surface area contributed by atoms with Crippen LogP contribution in [-0.4, -0.2) is 41.1 Å². The summed E-state index contributed by atoms with van der Waals surface area (Å²) in [6, 6.07) is 3.93. The second kappa shape index (κ2) is 8.72. The Morgan fingerprint density at radius 3 is 2.79 bits per heavy atom. The van der Waals surface area contributed by atoms with Crippen molar-refractivity contribution in [2.24, 2.45) is 5.73 Å². The lowest BCUT2D eigenvalue weighted by Crippen LogP contribution is -2.44. The third-order valence-electron chi connectivity index (χ3n) is 5.17. The van der Waals surface area contributed by atoms with Gasteiger partial charge < -0.3 is 20.1 Å². The molecule has 0 aliphatic carbocycles. The van der Waals surface area contributed by atoms with Gasteiger partial charge in [-0.15, -0.1) is 0 Å². The van der Waals surface area contributed by atoms with Crippen LogP contribution in [0.3, 0.4) is 0 Å². The van der Waals surface area contributed by atoms with Gasteiger partial charge in [-0.05, 0) is 56.7 Å². The molecule has 6 heteroatoms. The molecule has 1 aliphatic heterocycles. The molecule has 1 amide bonds. The number of aromatic nitrogens is 1. The van der Waals surface area contributed by atoms with Gasteiger partial charge in [0.2, 0.25) is 11.8 Å². The molecular weight excluding hydrogens is 366 g/mol. The number of carbonyl (C=O) groups is 1. The van der Waals surface area contributed by atoms with Crippen LogP contribution in [0.1, 0.15) is 51.2 Å². The molecule has 29 heavy (non-hydrogen) atoms. The van der Waals surface area contributed by atoms with Gasteiger partial charge in [-0.1, -0.05) is 13.5 Å². The summed E-state index contributed by atoms with van der Waals surface area (Å²) in [5.41, 5.74) is 8.28. The van der Waals surface area contributed by atoms with Crippen LogP contribution in [0.4, 0.5) is 0 Å². The van der Waals surface area contributed by atoms with Crippen LogP contribution in [0.25, 0.3) is 16.5 Å². The van der Waals surface area contributed by atoms with Crippen molar-refractivity contribution in [1.82, 2.24) is 9.88 Å². The summed E-state index contributed by atoms with van der Waals surface area (Å²) in [6.07, 6.45) is 4.08. The summed E-state index contributed by atoms with van der Waals surface area (Å²) in [5, 5.41) is 1.88. The number of hydrogen-bond donors (Lipinski definition) is 1. The molecule has 1 atom stereocenters. The molecule has 0 saturated carbocycles. The molecule has 156 valence electrons. The molecule has 2 N–H and O–H groups in total. The number of pyridine rings is 1. The average molecular weight is 398 g/mol. The first-order chi connectivity index (χ1) is 13.8. The molecule has 1 aromatic heterocycles. The highest BCUT2D eigenvalue weighted by Crippen LogP contribution is 2.35. The highest BCUT2D eigenvalue weighted by molar-refractivity contribution is 5.94. The standard InChI is InChI=1S/C23H31N3O3/c1-6-22(27)26-9-7-8-17(13-26)29-23-20-11-21(28-14(2)3)19(16(5)24)10-18(20)15(4)12-25-23/h10-12,14,17H,5-9,13,24H2,1-4H3. The molecule has 3 rings (SSSR count). The van der Waals surface area contributed by atoms with E-state index in [0.717, 1.165) is 41.3 Å². The predicted octanol–water partition coefficient (Wildman–Crippen LogP) is 4.04. The molecule has 2 aromatic rings. The molecule has 1 saturated heterocycles. The number of hydrogen-bond acceptors (Lipinski definition) is 5. The number of ether oxygens (including phenoxy) is 2. The molecule has 0 spiro atoms. The van der Waals surface area contributed by atoms with E-state index in [-0.39, 0.29) is 18.1 Å². The summed E-state index contributed by atoms with van der Waals surface area (Å²) >= 11 is 0. The summed E-state index contributed by atoms with van der Waals surface area (Å²) < 4.78 is 12.3. The lowest BCUT2D eigenvalue weighted by atomic mass is 10.0. The van der Waals surface area contributed by atoms with Crippen molar-refractivity contribution in [3.05, 3.63) is 36.0 Å². The highest BCUT2D eigenvalue weighted by Gasteiger charge is 2.25. The smallest absolute Gasteiger partial charge is 0.222 e. The van der Waals surface area contributed by atoms with E-state index in [9.17, 15) is 4.79 Å². The number of likely N-dealkylation sites (tertiary alicyclic amines) is 1. The van der Waals surface area contributed by atoms with Crippen LogP contribution in [0.15, 0.2) is 24.9 Å². The number of rotatable bonds is 6. The van der Waals surface area contributed by atoms with E-state index in [2.05, 4.69) is 11.6 Å². The SMILES string of the molecule is C=C(N)c1cc2c(C)cnc(OC3CCCN(C(=O)CC)C3)c2cc1OC(C)C. The molecule has 2 heterocycles. The Morgan fingerprint density at radius 1 is 1.38 bits per heavy atom.